The minimum Gasteiger partial charge on any atom is -0.757 e. The summed E-state index contributed by atoms with van der Waals surface area (Å²) in [7, 11) is 1.06. The molecule has 68 valence electrons. The third kappa shape index (κ3) is 8.83. The molecule has 2 atom stereocenters. The van der Waals surface area contributed by atoms with Crippen LogP contribution in [0.1, 0.15) is 27.2 Å². The molecule has 0 aliphatic rings. The van der Waals surface area contributed by atoms with Crippen molar-refractivity contribution in [3.05, 3.63) is 0 Å². The largest absolute Gasteiger partial charge is 0.757 e. The van der Waals surface area contributed by atoms with Crippen LogP contribution in [-0.4, -0.2) is 10.1 Å². The minimum absolute atomic E-state index is 0.211. The van der Waals surface area contributed by atoms with Gasteiger partial charge in [-0.1, -0.05) is 26.1 Å². The van der Waals surface area contributed by atoms with Gasteiger partial charge in [-0.3, -0.25) is 0 Å². The van der Waals surface area contributed by atoms with E-state index in [-0.39, 0.29) is 5.25 Å². The smallest absolute Gasteiger partial charge is 0.235 e. The van der Waals surface area contributed by atoms with Crippen molar-refractivity contribution < 1.29 is 9.79 Å². The first-order valence-electron chi connectivity index (χ1n) is 3.55. The second-order valence-electron chi connectivity index (χ2n) is 3.04. The Morgan fingerprint density at radius 2 is 2.00 bits per heavy atom. The maximum absolute atomic E-state index is 10.8. The molecule has 0 saturated carbocycles. The minimum atomic E-state index is -3.17. The van der Waals surface area contributed by atoms with Gasteiger partial charge in [0.15, 0.2) is 16.2 Å². The number of rotatable bonds is 3. The van der Waals surface area contributed by atoms with Crippen LogP contribution in [0.15, 0.2) is 0 Å². The molecule has 0 aliphatic heterocycles. The van der Waals surface area contributed by atoms with Crippen LogP contribution >= 0.6 is 17.9 Å². The number of thiol groups is 1. The van der Waals surface area contributed by atoms with Crippen molar-refractivity contribution >= 4 is 28.9 Å². The monoisotopic (exact) mass is 214 g/mol. The lowest BCUT2D eigenvalue weighted by atomic mass is 10.1. The van der Waals surface area contributed by atoms with Gasteiger partial charge in [0.05, 0.1) is 0 Å². The molecular formula is C6H15O2PS2. The predicted molar refractivity (Wildman–Crippen MR) is 54.4 cm³/mol. The Balaban J connectivity index is 3.97. The Morgan fingerprint density at radius 1 is 1.55 bits per heavy atom. The summed E-state index contributed by atoms with van der Waals surface area (Å²) in [6, 6.07) is 0. The van der Waals surface area contributed by atoms with Gasteiger partial charge in [-0.15, -0.1) is 0 Å². The molecule has 2 unspecified atom stereocenters. The first-order chi connectivity index (χ1) is 4.81. The van der Waals surface area contributed by atoms with E-state index >= 15 is 0 Å². The van der Waals surface area contributed by atoms with Crippen molar-refractivity contribution in [2.45, 2.75) is 32.4 Å². The average molecular weight is 214 g/mol. The van der Waals surface area contributed by atoms with Gasteiger partial charge in [0.25, 0.3) is 0 Å². The van der Waals surface area contributed by atoms with E-state index in [1.165, 1.54) is 0 Å². The van der Waals surface area contributed by atoms with E-state index in [0.29, 0.717) is 5.92 Å². The van der Waals surface area contributed by atoms with Gasteiger partial charge in [-0.2, -0.15) is 0 Å². The zero-order valence-electron chi connectivity index (χ0n) is 7.02. The molecule has 0 radical (unpaired) electrons. The van der Waals surface area contributed by atoms with Crippen LogP contribution in [0.5, 0.6) is 0 Å². The second-order valence-corrected chi connectivity index (χ2v) is 9.59. The molecule has 0 saturated heterocycles. The molecule has 2 nitrogen and oxygen atoms in total. The summed E-state index contributed by atoms with van der Waals surface area (Å²) in [4.78, 5) is 19.7. The van der Waals surface area contributed by atoms with Crippen LogP contribution in [0.4, 0.5) is 0 Å². The third-order valence-corrected chi connectivity index (χ3v) is 4.70. The van der Waals surface area contributed by atoms with Crippen molar-refractivity contribution in [3.63, 3.8) is 0 Å². The van der Waals surface area contributed by atoms with Crippen molar-refractivity contribution in [2.75, 3.05) is 0 Å². The molecule has 0 aromatic carbocycles. The van der Waals surface area contributed by atoms with Gasteiger partial charge in [0.2, 0.25) is 5.69 Å². The maximum Gasteiger partial charge on any atom is 0.235 e. The predicted octanol–water partition coefficient (Wildman–Crippen LogP) is 1.46. The lowest BCUT2D eigenvalue weighted by Crippen LogP contribution is -2.07. The van der Waals surface area contributed by atoms with Gasteiger partial charge in [0.1, 0.15) is 0 Å². The Kier molecular flexibility index (Phi) is 5.23. The Bertz CT molecular complexity index is 156. The quantitative estimate of drug-likeness (QED) is 0.424. The maximum atomic E-state index is 10.8. The van der Waals surface area contributed by atoms with Crippen LogP contribution in [0.3, 0.4) is 0 Å². The van der Waals surface area contributed by atoms with Crippen LogP contribution in [0.25, 0.3) is 0 Å². The average Bonchev–Trinajstić information content (AvgIpc) is 1.53. The molecule has 0 spiro atoms. The van der Waals surface area contributed by atoms with Gasteiger partial charge >= 0.3 is 0 Å². The summed E-state index contributed by atoms with van der Waals surface area (Å²) >= 11 is 3.59. The fraction of sp³-hybridized carbons (Fsp3) is 1.00. The van der Waals surface area contributed by atoms with Crippen LogP contribution in [0, 0.1) is 5.92 Å². The first-order valence-corrected chi connectivity index (χ1v) is 7.85. The molecule has 5 heteroatoms. The SMILES string of the molecule is CC(C)CC(C)[S+]=P([O-])(O)S. The molecule has 1 N–H and O–H groups in total. The lowest BCUT2D eigenvalue weighted by molar-refractivity contribution is -0.170. The van der Waals surface area contributed by atoms with Crippen LogP contribution in [0.2, 0.25) is 0 Å². The van der Waals surface area contributed by atoms with Crippen molar-refractivity contribution in [2.24, 2.45) is 5.92 Å². The highest BCUT2D eigenvalue weighted by Crippen LogP contribution is 2.39. The molecule has 0 bridgehead atoms. The standard InChI is InChI=1S/C6H15O2PS2/c1-5(2)4-6(3)11-9(7,8)10/h5-6H,4H2,1-3H3,(H2-,7,8,10). The molecule has 0 amide bonds. The van der Waals surface area contributed by atoms with Crippen LogP contribution in [-0.2, 0) is 10.9 Å². The third-order valence-electron chi connectivity index (χ3n) is 1.12. The molecule has 0 fully saturated rings. The van der Waals surface area contributed by atoms with Gasteiger partial charge in [0, 0.05) is 6.42 Å². The van der Waals surface area contributed by atoms with E-state index in [1.54, 1.807) is 0 Å². The summed E-state index contributed by atoms with van der Waals surface area (Å²) in [5.41, 5.74) is -3.17. The zero-order chi connectivity index (χ0) is 9.07. The van der Waals surface area contributed by atoms with Crippen LogP contribution < -0.4 is 4.89 Å². The number of hydrogen-bond acceptors (Lipinski definition) is 1. The van der Waals surface area contributed by atoms with Crippen molar-refractivity contribution in [3.8, 4) is 0 Å². The first kappa shape index (κ1) is 11.9. The van der Waals surface area contributed by atoms with E-state index in [9.17, 15) is 4.89 Å². The van der Waals surface area contributed by atoms with Gasteiger partial charge in [-0.25, -0.2) is 0 Å². The van der Waals surface area contributed by atoms with E-state index in [1.807, 2.05) is 6.92 Å². The Morgan fingerprint density at radius 3 is 2.27 bits per heavy atom. The Labute approximate surface area is 77.3 Å². The van der Waals surface area contributed by atoms with Gasteiger partial charge < -0.3 is 9.79 Å². The Hall–Kier alpha value is 0.920. The summed E-state index contributed by atoms with van der Waals surface area (Å²) in [6.07, 6.45) is 0.954. The van der Waals surface area contributed by atoms with Crippen molar-refractivity contribution in [1.29, 1.82) is 0 Å². The highest BCUT2D eigenvalue weighted by atomic mass is 32.9. The molecule has 0 aromatic heterocycles. The summed E-state index contributed by atoms with van der Waals surface area (Å²) < 4.78 is 0. The fourth-order valence-electron chi connectivity index (χ4n) is 0.941. The summed E-state index contributed by atoms with van der Waals surface area (Å²) in [5.74, 6) is 0.567. The van der Waals surface area contributed by atoms with Crippen molar-refractivity contribution in [1.82, 2.24) is 0 Å². The van der Waals surface area contributed by atoms with Gasteiger partial charge in [-0.05, 0) is 12.8 Å². The number of hydrogen-bond donors (Lipinski definition) is 2. The lowest BCUT2D eigenvalue weighted by Gasteiger charge is -2.07. The molecule has 0 aromatic rings. The molecule has 0 heterocycles. The topological polar surface area (TPSA) is 43.3 Å². The van der Waals surface area contributed by atoms with E-state index < -0.39 is 5.69 Å². The highest BCUT2D eigenvalue weighted by Gasteiger charge is 2.16. The molecule has 0 rings (SSSR count). The summed E-state index contributed by atoms with van der Waals surface area (Å²) in [5, 5.41) is 0.211. The highest BCUT2D eigenvalue weighted by molar-refractivity contribution is 8.61. The zero-order valence-corrected chi connectivity index (χ0v) is 9.63. The van der Waals surface area contributed by atoms with E-state index in [0.717, 1.165) is 17.4 Å². The molecule has 0 aliphatic carbocycles. The molecule has 11 heavy (non-hydrogen) atoms. The summed E-state index contributed by atoms with van der Waals surface area (Å²) in [6.45, 7) is 6.14. The normalized spacial score (nSPS) is 19.5. The van der Waals surface area contributed by atoms with E-state index in [4.69, 9.17) is 4.89 Å². The fourth-order valence-corrected chi connectivity index (χ4v) is 4.99. The van der Waals surface area contributed by atoms with E-state index in [2.05, 4.69) is 26.1 Å². The second kappa shape index (κ2) is 4.83. The molecular weight excluding hydrogens is 199 g/mol.